The lowest BCUT2D eigenvalue weighted by molar-refractivity contribution is 0.252. The van der Waals surface area contributed by atoms with Crippen LogP contribution >= 0.6 is 0 Å². The van der Waals surface area contributed by atoms with Gasteiger partial charge in [0.15, 0.2) is 5.65 Å². The third-order valence-electron chi connectivity index (χ3n) is 3.26. The molecule has 6 heteroatoms. The van der Waals surface area contributed by atoms with Gasteiger partial charge >= 0.3 is 6.03 Å². The van der Waals surface area contributed by atoms with Gasteiger partial charge in [0.25, 0.3) is 0 Å². The average molecular weight is 307 g/mol. The molecule has 2 amide bonds. The van der Waals surface area contributed by atoms with Crippen LogP contribution in [0.2, 0.25) is 0 Å². The van der Waals surface area contributed by atoms with Crippen molar-refractivity contribution < 1.29 is 4.79 Å². The highest BCUT2D eigenvalue weighted by Crippen LogP contribution is 2.13. The third-order valence-corrected chi connectivity index (χ3v) is 3.26. The standard InChI is InChI=1S/C17H17N5O/c1-2-18-17(23)22-15-9-8-14-16(21-15)20-13(11-19-14)10-12-6-4-3-5-7-12/h3-9,11H,2,10H2,1H3,(H2,18,20,21,22,23). The second-order valence-electron chi connectivity index (χ2n) is 5.05. The third kappa shape index (κ3) is 3.79. The van der Waals surface area contributed by atoms with E-state index in [9.17, 15) is 4.79 Å². The molecule has 2 heterocycles. The molecule has 0 saturated carbocycles. The highest BCUT2D eigenvalue weighted by molar-refractivity contribution is 5.89. The van der Waals surface area contributed by atoms with Crippen LogP contribution in [-0.2, 0) is 6.42 Å². The first-order chi connectivity index (χ1) is 11.2. The van der Waals surface area contributed by atoms with Crippen LogP contribution in [0.5, 0.6) is 0 Å². The van der Waals surface area contributed by atoms with E-state index in [1.807, 2.05) is 37.3 Å². The molecule has 6 nitrogen and oxygen atoms in total. The van der Waals surface area contributed by atoms with Crippen LogP contribution < -0.4 is 10.6 Å². The van der Waals surface area contributed by atoms with Gasteiger partial charge in [0.1, 0.15) is 11.3 Å². The molecule has 3 aromatic rings. The molecule has 23 heavy (non-hydrogen) atoms. The fraction of sp³-hybridized carbons (Fsp3) is 0.176. The monoisotopic (exact) mass is 307 g/mol. The van der Waals surface area contributed by atoms with Crippen molar-refractivity contribution in [3.63, 3.8) is 0 Å². The molecule has 0 spiro atoms. The van der Waals surface area contributed by atoms with Crippen molar-refractivity contribution in [3.05, 3.63) is 59.9 Å². The number of nitrogens with zero attached hydrogens (tertiary/aromatic N) is 3. The first-order valence-electron chi connectivity index (χ1n) is 7.46. The first-order valence-corrected chi connectivity index (χ1v) is 7.46. The lowest BCUT2D eigenvalue weighted by atomic mass is 10.1. The van der Waals surface area contributed by atoms with Crippen molar-refractivity contribution >= 4 is 23.0 Å². The van der Waals surface area contributed by atoms with Crippen LogP contribution in [0.4, 0.5) is 10.6 Å². The number of anilines is 1. The van der Waals surface area contributed by atoms with E-state index in [1.54, 1.807) is 18.3 Å². The summed E-state index contributed by atoms with van der Waals surface area (Å²) in [5.41, 5.74) is 3.22. The van der Waals surface area contributed by atoms with Crippen molar-refractivity contribution in [2.45, 2.75) is 13.3 Å². The maximum absolute atomic E-state index is 11.6. The molecule has 0 radical (unpaired) electrons. The zero-order chi connectivity index (χ0) is 16.1. The number of hydrogen-bond acceptors (Lipinski definition) is 4. The Morgan fingerprint density at radius 2 is 1.91 bits per heavy atom. The fourth-order valence-electron chi connectivity index (χ4n) is 2.21. The number of carbonyl (C=O) groups excluding carboxylic acids is 1. The SMILES string of the molecule is CCNC(=O)Nc1ccc2ncc(Cc3ccccc3)nc2n1. The van der Waals surface area contributed by atoms with Crippen LogP contribution in [0, 0.1) is 0 Å². The van der Waals surface area contributed by atoms with Gasteiger partial charge in [0.2, 0.25) is 0 Å². The average Bonchev–Trinajstić information content (AvgIpc) is 2.56. The number of urea groups is 1. The summed E-state index contributed by atoms with van der Waals surface area (Å²) in [6.45, 7) is 2.41. The van der Waals surface area contributed by atoms with Crippen LogP contribution in [0.25, 0.3) is 11.2 Å². The summed E-state index contributed by atoms with van der Waals surface area (Å²) >= 11 is 0. The van der Waals surface area contributed by atoms with Gasteiger partial charge in [-0.15, -0.1) is 0 Å². The first kappa shape index (κ1) is 14.9. The van der Waals surface area contributed by atoms with Gasteiger partial charge in [-0.25, -0.2) is 14.8 Å². The molecule has 0 bridgehead atoms. The Bertz CT molecular complexity index is 820. The number of pyridine rings is 1. The molecule has 0 aliphatic carbocycles. The lowest BCUT2D eigenvalue weighted by Gasteiger charge is -2.06. The topological polar surface area (TPSA) is 79.8 Å². The summed E-state index contributed by atoms with van der Waals surface area (Å²) in [6, 6.07) is 13.3. The van der Waals surface area contributed by atoms with Gasteiger partial charge in [-0.1, -0.05) is 30.3 Å². The van der Waals surface area contributed by atoms with E-state index < -0.39 is 0 Å². The van der Waals surface area contributed by atoms with E-state index in [2.05, 4.69) is 25.6 Å². The molecule has 0 saturated heterocycles. The van der Waals surface area contributed by atoms with Gasteiger partial charge in [-0.05, 0) is 24.6 Å². The molecule has 0 fully saturated rings. The van der Waals surface area contributed by atoms with Crippen molar-refractivity contribution in [2.24, 2.45) is 0 Å². The van der Waals surface area contributed by atoms with Crippen LogP contribution in [-0.4, -0.2) is 27.5 Å². The Balaban J connectivity index is 1.84. The summed E-state index contributed by atoms with van der Waals surface area (Å²) in [5, 5.41) is 5.34. The summed E-state index contributed by atoms with van der Waals surface area (Å²) in [6.07, 6.45) is 2.45. The summed E-state index contributed by atoms with van der Waals surface area (Å²) in [5.74, 6) is 0.453. The molecule has 3 rings (SSSR count). The molecule has 0 aliphatic heterocycles. The summed E-state index contributed by atoms with van der Waals surface area (Å²) in [7, 11) is 0. The van der Waals surface area contributed by atoms with E-state index >= 15 is 0 Å². The smallest absolute Gasteiger partial charge is 0.320 e. The van der Waals surface area contributed by atoms with Crippen LogP contribution in [0.15, 0.2) is 48.7 Å². The van der Waals surface area contributed by atoms with Crippen molar-refractivity contribution in [3.8, 4) is 0 Å². The highest BCUT2D eigenvalue weighted by atomic mass is 16.2. The molecule has 2 N–H and O–H groups in total. The molecule has 0 atom stereocenters. The number of benzene rings is 1. The number of aromatic nitrogens is 3. The Labute approximate surface area is 134 Å². The Kier molecular flexibility index (Phi) is 4.42. The van der Waals surface area contributed by atoms with E-state index in [1.165, 1.54) is 0 Å². The molecule has 0 aliphatic rings. The maximum atomic E-state index is 11.6. The maximum Gasteiger partial charge on any atom is 0.320 e. The Hall–Kier alpha value is -3.02. The van der Waals surface area contributed by atoms with Crippen molar-refractivity contribution in [1.82, 2.24) is 20.3 Å². The molecular weight excluding hydrogens is 290 g/mol. The molecule has 2 aromatic heterocycles. The van der Waals surface area contributed by atoms with E-state index in [0.29, 0.717) is 29.9 Å². The molecule has 0 unspecified atom stereocenters. The zero-order valence-corrected chi connectivity index (χ0v) is 12.8. The lowest BCUT2D eigenvalue weighted by Crippen LogP contribution is -2.28. The van der Waals surface area contributed by atoms with Gasteiger partial charge < -0.3 is 5.32 Å². The Morgan fingerprint density at radius 1 is 1.09 bits per heavy atom. The fourth-order valence-corrected chi connectivity index (χ4v) is 2.21. The van der Waals surface area contributed by atoms with Gasteiger partial charge in [-0.2, -0.15) is 0 Å². The largest absolute Gasteiger partial charge is 0.338 e. The second-order valence-corrected chi connectivity index (χ2v) is 5.05. The van der Waals surface area contributed by atoms with Gasteiger partial charge in [0.05, 0.1) is 5.69 Å². The van der Waals surface area contributed by atoms with E-state index in [-0.39, 0.29) is 6.03 Å². The number of nitrogens with one attached hydrogen (secondary N) is 2. The summed E-state index contributed by atoms with van der Waals surface area (Å²) < 4.78 is 0. The molecule has 1 aromatic carbocycles. The number of hydrogen-bond donors (Lipinski definition) is 2. The number of carbonyl (C=O) groups is 1. The van der Waals surface area contributed by atoms with Crippen molar-refractivity contribution in [1.29, 1.82) is 0 Å². The molecule has 116 valence electrons. The number of rotatable bonds is 4. The Morgan fingerprint density at radius 3 is 2.70 bits per heavy atom. The zero-order valence-electron chi connectivity index (χ0n) is 12.8. The predicted molar refractivity (Wildman–Crippen MR) is 89.3 cm³/mol. The second kappa shape index (κ2) is 6.83. The number of amides is 2. The summed E-state index contributed by atoms with van der Waals surface area (Å²) in [4.78, 5) is 24.8. The molecular formula is C17H17N5O. The minimum absolute atomic E-state index is 0.284. The van der Waals surface area contributed by atoms with E-state index in [0.717, 1.165) is 11.3 Å². The van der Waals surface area contributed by atoms with Crippen molar-refractivity contribution in [2.75, 3.05) is 11.9 Å². The predicted octanol–water partition coefficient (Wildman–Crippen LogP) is 2.76. The van der Waals surface area contributed by atoms with Gasteiger partial charge in [0, 0.05) is 19.2 Å². The minimum Gasteiger partial charge on any atom is -0.338 e. The van der Waals surface area contributed by atoms with E-state index in [4.69, 9.17) is 0 Å². The van der Waals surface area contributed by atoms with Crippen LogP contribution in [0.1, 0.15) is 18.2 Å². The normalized spacial score (nSPS) is 10.5. The highest BCUT2D eigenvalue weighted by Gasteiger charge is 2.06. The van der Waals surface area contributed by atoms with Gasteiger partial charge in [-0.3, -0.25) is 10.3 Å². The minimum atomic E-state index is -0.284. The van der Waals surface area contributed by atoms with Crippen LogP contribution in [0.3, 0.4) is 0 Å². The quantitative estimate of drug-likeness (QED) is 0.776. The number of fused-ring (bicyclic) bond motifs is 1.